The topological polar surface area (TPSA) is 80.3 Å². The zero-order chi connectivity index (χ0) is 18.8. The van der Waals surface area contributed by atoms with Gasteiger partial charge in [-0.1, -0.05) is 13.3 Å². The number of carbonyl (C=O) groups excluding carboxylic acids is 1. The highest BCUT2D eigenvalue weighted by atomic mass is 16.3. The molecule has 2 heterocycles. The molecule has 3 aromatic rings. The fourth-order valence-electron chi connectivity index (χ4n) is 3.41. The minimum absolute atomic E-state index is 0.146. The van der Waals surface area contributed by atoms with Crippen molar-refractivity contribution in [1.82, 2.24) is 9.78 Å². The van der Waals surface area contributed by atoms with Gasteiger partial charge in [-0.2, -0.15) is 5.10 Å². The third-order valence-electron chi connectivity index (χ3n) is 5.05. The lowest BCUT2D eigenvalue weighted by Crippen LogP contribution is -2.15. The summed E-state index contributed by atoms with van der Waals surface area (Å²) in [5.41, 5.74) is 3.17. The van der Waals surface area contributed by atoms with E-state index in [4.69, 9.17) is 9.52 Å². The van der Waals surface area contributed by atoms with Gasteiger partial charge in [0.05, 0.1) is 12.0 Å². The maximum Gasteiger partial charge on any atom is 0.291 e. The van der Waals surface area contributed by atoms with Crippen LogP contribution < -0.4 is 5.32 Å². The van der Waals surface area contributed by atoms with Gasteiger partial charge in [0.2, 0.25) is 0 Å². The summed E-state index contributed by atoms with van der Waals surface area (Å²) < 4.78 is 7.18. The zero-order valence-corrected chi connectivity index (χ0v) is 15.3. The van der Waals surface area contributed by atoms with Crippen molar-refractivity contribution in [1.29, 1.82) is 0 Å². The number of amides is 1. The molecule has 27 heavy (non-hydrogen) atoms. The summed E-state index contributed by atoms with van der Waals surface area (Å²) in [5, 5.41) is 17.9. The highest BCUT2D eigenvalue weighted by molar-refractivity contribution is 6.02. The average Bonchev–Trinajstić information content (AvgIpc) is 3.26. The van der Waals surface area contributed by atoms with Crippen LogP contribution in [0.5, 0.6) is 5.75 Å². The molecule has 0 spiro atoms. The normalized spacial score (nSPS) is 14.1. The number of hydrogen-bond acceptors (Lipinski definition) is 4. The Labute approximate surface area is 157 Å². The number of phenolic OH excluding ortho intramolecular Hbond substituents is 1. The van der Waals surface area contributed by atoms with Gasteiger partial charge in [-0.05, 0) is 55.7 Å². The molecular weight excluding hydrogens is 342 g/mol. The van der Waals surface area contributed by atoms with E-state index >= 15 is 0 Å². The second-order valence-corrected chi connectivity index (χ2v) is 6.97. The smallest absolute Gasteiger partial charge is 0.291 e. The number of furan rings is 1. The summed E-state index contributed by atoms with van der Waals surface area (Å²) in [4.78, 5) is 12.2. The van der Waals surface area contributed by atoms with Crippen LogP contribution >= 0.6 is 0 Å². The van der Waals surface area contributed by atoms with Crippen LogP contribution in [0.1, 0.15) is 54.8 Å². The van der Waals surface area contributed by atoms with E-state index in [9.17, 15) is 9.90 Å². The number of nitrogens with zero attached hydrogens (tertiary/aromatic N) is 2. The minimum atomic E-state index is -0.330. The number of aryl methyl sites for hydroxylation is 1. The number of aromatic nitrogens is 2. The highest BCUT2D eigenvalue weighted by Gasteiger charge is 2.25. The number of phenols is 1. The molecule has 4 rings (SSSR count). The van der Waals surface area contributed by atoms with Crippen molar-refractivity contribution in [2.24, 2.45) is 0 Å². The molecule has 1 aliphatic rings. The van der Waals surface area contributed by atoms with Gasteiger partial charge >= 0.3 is 0 Å². The van der Waals surface area contributed by atoms with Gasteiger partial charge in [-0.3, -0.25) is 9.48 Å². The lowest BCUT2D eigenvalue weighted by Gasteiger charge is -2.25. The third kappa shape index (κ3) is 3.47. The van der Waals surface area contributed by atoms with E-state index in [2.05, 4.69) is 23.0 Å². The Morgan fingerprint density at radius 2 is 2.19 bits per heavy atom. The van der Waals surface area contributed by atoms with E-state index in [1.165, 1.54) is 31.2 Å². The fourth-order valence-corrected chi connectivity index (χ4v) is 3.41. The molecule has 6 heteroatoms. The number of carbonyl (C=O) groups is 1. The van der Waals surface area contributed by atoms with Crippen molar-refractivity contribution in [2.45, 2.75) is 45.1 Å². The molecule has 0 atom stereocenters. The van der Waals surface area contributed by atoms with Crippen LogP contribution in [0.2, 0.25) is 0 Å². The molecule has 0 radical (unpaired) electrons. The Bertz CT molecular complexity index is 940. The van der Waals surface area contributed by atoms with Gasteiger partial charge in [0.25, 0.3) is 5.91 Å². The lowest BCUT2D eigenvalue weighted by atomic mass is 9.82. The molecule has 1 amide bonds. The highest BCUT2D eigenvalue weighted by Crippen LogP contribution is 2.39. The zero-order valence-electron chi connectivity index (χ0n) is 15.3. The Morgan fingerprint density at radius 3 is 2.85 bits per heavy atom. The molecule has 0 saturated heterocycles. The van der Waals surface area contributed by atoms with E-state index in [1.807, 2.05) is 0 Å². The largest absolute Gasteiger partial charge is 0.507 e. The molecule has 0 unspecified atom stereocenters. The molecule has 2 N–H and O–H groups in total. The van der Waals surface area contributed by atoms with Crippen LogP contribution in [0, 0.1) is 0 Å². The second-order valence-electron chi connectivity index (χ2n) is 6.97. The van der Waals surface area contributed by atoms with Crippen molar-refractivity contribution in [2.75, 3.05) is 5.32 Å². The molecular formula is C21H23N3O3. The number of rotatable bonds is 6. The Kier molecular flexibility index (Phi) is 4.71. The standard InChI is InChI=1S/C21H23N3O3/c1-2-10-24-18(14-5-3-6-14)13-17(23-24)16-12-15(8-9-19(16)25)22-21(26)20-7-4-11-27-20/h4,7-9,11-14,25H,2-3,5-6,10H2,1H3,(H,22,26). The van der Waals surface area contributed by atoms with Crippen molar-refractivity contribution in [3.63, 3.8) is 0 Å². The van der Waals surface area contributed by atoms with Gasteiger partial charge < -0.3 is 14.8 Å². The monoisotopic (exact) mass is 365 g/mol. The van der Waals surface area contributed by atoms with Crippen molar-refractivity contribution in [3.8, 4) is 17.0 Å². The summed E-state index contributed by atoms with van der Waals surface area (Å²) >= 11 is 0. The summed E-state index contributed by atoms with van der Waals surface area (Å²) in [7, 11) is 0. The van der Waals surface area contributed by atoms with Gasteiger partial charge in [-0.25, -0.2) is 0 Å². The Morgan fingerprint density at radius 1 is 1.33 bits per heavy atom. The molecule has 1 aliphatic carbocycles. The molecule has 0 bridgehead atoms. The van der Waals surface area contributed by atoms with Crippen molar-refractivity contribution < 1.29 is 14.3 Å². The van der Waals surface area contributed by atoms with Crippen LogP contribution in [0.3, 0.4) is 0 Å². The van der Waals surface area contributed by atoms with E-state index in [0.29, 0.717) is 17.2 Å². The summed E-state index contributed by atoms with van der Waals surface area (Å²) in [6, 6.07) is 10.3. The second kappa shape index (κ2) is 7.31. The Balaban J connectivity index is 1.64. The van der Waals surface area contributed by atoms with E-state index < -0.39 is 0 Å². The molecule has 140 valence electrons. The van der Waals surface area contributed by atoms with Crippen LogP contribution in [0.15, 0.2) is 47.1 Å². The summed E-state index contributed by atoms with van der Waals surface area (Å²) in [6.45, 7) is 3.00. The number of hydrogen-bond donors (Lipinski definition) is 2. The van der Waals surface area contributed by atoms with Gasteiger partial charge in [0, 0.05) is 29.4 Å². The average molecular weight is 365 g/mol. The molecule has 1 saturated carbocycles. The maximum atomic E-state index is 12.2. The third-order valence-corrected chi connectivity index (χ3v) is 5.05. The van der Waals surface area contributed by atoms with Crippen molar-refractivity contribution in [3.05, 3.63) is 54.1 Å². The molecule has 0 aliphatic heterocycles. The van der Waals surface area contributed by atoms with Crippen LogP contribution in [-0.2, 0) is 6.54 Å². The molecule has 1 aromatic carbocycles. The lowest BCUT2D eigenvalue weighted by molar-refractivity contribution is 0.0996. The van der Waals surface area contributed by atoms with Crippen LogP contribution in [-0.4, -0.2) is 20.8 Å². The first kappa shape index (κ1) is 17.4. The quantitative estimate of drug-likeness (QED) is 0.616. The molecule has 1 fully saturated rings. The predicted molar refractivity (Wildman–Crippen MR) is 103 cm³/mol. The maximum absolute atomic E-state index is 12.2. The number of aromatic hydroxyl groups is 1. The van der Waals surface area contributed by atoms with Crippen molar-refractivity contribution >= 4 is 11.6 Å². The molecule has 2 aromatic heterocycles. The summed E-state index contributed by atoms with van der Waals surface area (Å²) in [5.74, 6) is 0.613. The van der Waals surface area contributed by atoms with Gasteiger partial charge in [0.1, 0.15) is 5.75 Å². The first-order chi connectivity index (χ1) is 13.2. The number of nitrogens with one attached hydrogen (secondary N) is 1. The summed E-state index contributed by atoms with van der Waals surface area (Å²) in [6.07, 6.45) is 6.11. The minimum Gasteiger partial charge on any atom is -0.507 e. The SMILES string of the molecule is CCCn1nc(-c2cc(NC(=O)c3ccco3)ccc2O)cc1C1CCC1. The predicted octanol–water partition coefficient (Wildman–Crippen LogP) is 4.78. The van der Waals surface area contributed by atoms with E-state index in [1.54, 1.807) is 30.3 Å². The van der Waals surface area contributed by atoms with Crippen LogP contribution in [0.4, 0.5) is 5.69 Å². The van der Waals surface area contributed by atoms with E-state index in [0.717, 1.165) is 18.7 Å². The van der Waals surface area contributed by atoms with E-state index in [-0.39, 0.29) is 17.4 Å². The van der Waals surface area contributed by atoms with Gasteiger partial charge in [-0.15, -0.1) is 0 Å². The van der Waals surface area contributed by atoms with Crippen LogP contribution in [0.25, 0.3) is 11.3 Å². The van der Waals surface area contributed by atoms with Gasteiger partial charge in [0.15, 0.2) is 5.76 Å². The molecule has 6 nitrogen and oxygen atoms in total. The first-order valence-electron chi connectivity index (χ1n) is 9.41. The fraction of sp³-hybridized carbons (Fsp3) is 0.333. The Hall–Kier alpha value is -3.02. The first-order valence-corrected chi connectivity index (χ1v) is 9.41. The number of anilines is 1. The number of benzene rings is 1.